The van der Waals surface area contributed by atoms with E-state index in [1.165, 1.54) is 0 Å². The van der Waals surface area contributed by atoms with Crippen LogP contribution in [-0.2, 0) is 11.3 Å². The fourth-order valence-electron chi connectivity index (χ4n) is 1.88. The number of hydrogen-bond donors (Lipinski definition) is 0. The monoisotopic (exact) mass is 205 g/mol. The van der Waals surface area contributed by atoms with Crippen LogP contribution in [0.4, 0.5) is 0 Å². The molecule has 1 heterocycles. The van der Waals surface area contributed by atoms with E-state index in [0.29, 0.717) is 6.42 Å². The Morgan fingerprint density at radius 3 is 3.07 bits per heavy atom. The molecule has 2 rings (SSSR count). The summed E-state index contributed by atoms with van der Waals surface area (Å²) in [5, 5.41) is 7.92. The van der Waals surface area contributed by atoms with Gasteiger partial charge in [0, 0.05) is 13.0 Å². The van der Waals surface area contributed by atoms with Gasteiger partial charge in [-0.1, -0.05) is 12.1 Å². The molecule has 0 saturated carbocycles. The quantitative estimate of drug-likeness (QED) is 0.756. The Morgan fingerprint density at radius 1 is 1.47 bits per heavy atom. The lowest BCUT2D eigenvalue weighted by Gasteiger charge is -2.12. The molecule has 4 nitrogen and oxygen atoms in total. The van der Waals surface area contributed by atoms with Crippen molar-refractivity contribution in [2.45, 2.75) is 39.2 Å². The zero-order valence-electron chi connectivity index (χ0n) is 8.94. The molecule has 0 fully saturated rings. The van der Waals surface area contributed by atoms with E-state index in [1.807, 2.05) is 4.68 Å². The molecular formula is C11H15N3O. The highest BCUT2D eigenvalue weighted by Crippen LogP contribution is 2.24. The summed E-state index contributed by atoms with van der Waals surface area (Å²) in [6.07, 6.45) is 7.11. The third-order valence-corrected chi connectivity index (χ3v) is 2.59. The molecule has 0 amide bonds. The molecule has 1 aromatic heterocycles. The Morgan fingerprint density at radius 2 is 2.33 bits per heavy atom. The van der Waals surface area contributed by atoms with Crippen LogP contribution in [0, 0.1) is 0 Å². The summed E-state index contributed by atoms with van der Waals surface area (Å²) in [5.74, 6) is 0.223. The van der Waals surface area contributed by atoms with Crippen LogP contribution in [0.15, 0.2) is 12.3 Å². The normalized spacial score (nSPS) is 16.6. The minimum Gasteiger partial charge on any atom is -0.295 e. The third-order valence-electron chi connectivity index (χ3n) is 2.59. The smallest absolute Gasteiger partial charge is 0.156 e. The first-order valence-corrected chi connectivity index (χ1v) is 5.43. The molecule has 1 aliphatic rings. The fourth-order valence-corrected chi connectivity index (χ4v) is 1.88. The first-order chi connectivity index (χ1) is 7.31. The van der Waals surface area contributed by atoms with E-state index in [-0.39, 0.29) is 5.78 Å². The number of carbonyl (C=O) groups excluding carboxylic acids is 1. The summed E-state index contributed by atoms with van der Waals surface area (Å²) in [6.45, 7) is 2.97. The van der Waals surface area contributed by atoms with Gasteiger partial charge >= 0.3 is 0 Å². The number of aryl methyl sites for hydroxylation is 1. The van der Waals surface area contributed by atoms with Gasteiger partial charge in [0.2, 0.25) is 0 Å². The Hall–Kier alpha value is -1.45. The molecule has 1 aromatic rings. The Bertz CT molecular complexity index is 392. The van der Waals surface area contributed by atoms with Crippen LogP contribution in [0.3, 0.4) is 0 Å². The summed E-state index contributed by atoms with van der Waals surface area (Å²) < 4.78 is 1.88. The lowest BCUT2D eigenvalue weighted by molar-refractivity contribution is -0.114. The van der Waals surface area contributed by atoms with Gasteiger partial charge in [0.15, 0.2) is 5.78 Å². The van der Waals surface area contributed by atoms with Crippen molar-refractivity contribution in [2.24, 2.45) is 0 Å². The number of allylic oxidation sites excluding steroid dienone is 2. The molecule has 80 valence electrons. The van der Waals surface area contributed by atoms with E-state index in [1.54, 1.807) is 12.3 Å². The number of hydrogen-bond acceptors (Lipinski definition) is 3. The van der Waals surface area contributed by atoms with E-state index in [2.05, 4.69) is 17.2 Å². The average Bonchev–Trinajstić information content (AvgIpc) is 2.66. The molecule has 15 heavy (non-hydrogen) atoms. The van der Waals surface area contributed by atoms with Gasteiger partial charge in [0.1, 0.15) is 0 Å². The van der Waals surface area contributed by atoms with Crippen LogP contribution in [0.1, 0.15) is 38.3 Å². The van der Waals surface area contributed by atoms with Crippen molar-refractivity contribution in [3.05, 3.63) is 18.0 Å². The molecule has 0 aromatic carbocycles. The van der Waals surface area contributed by atoms with E-state index in [4.69, 9.17) is 0 Å². The molecular weight excluding hydrogens is 190 g/mol. The van der Waals surface area contributed by atoms with Crippen LogP contribution < -0.4 is 0 Å². The molecule has 0 radical (unpaired) electrons. The number of ketones is 1. The average molecular weight is 205 g/mol. The number of carbonyl (C=O) groups is 1. The minimum absolute atomic E-state index is 0.223. The number of nitrogens with zero attached hydrogens (tertiary/aromatic N) is 3. The molecule has 0 atom stereocenters. The molecule has 0 aliphatic heterocycles. The van der Waals surface area contributed by atoms with Gasteiger partial charge in [-0.25, -0.2) is 4.68 Å². The zero-order valence-corrected chi connectivity index (χ0v) is 8.94. The topological polar surface area (TPSA) is 47.8 Å². The second-order valence-corrected chi connectivity index (χ2v) is 3.83. The molecule has 0 unspecified atom stereocenters. The van der Waals surface area contributed by atoms with Crippen molar-refractivity contribution < 1.29 is 4.79 Å². The summed E-state index contributed by atoms with van der Waals surface area (Å²) in [6, 6.07) is 0. The molecule has 0 saturated heterocycles. The van der Waals surface area contributed by atoms with Crippen LogP contribution in [0.2, 0.25) is 0 Å². The summed E-state index contributed by atoms with van der Waals surface area (Å²) in [4.78, 5) is 11.3. The first-order valence-electron chi connectivity index (χ1n) is 5.43. The highest BCUT2D eigenvalue weighted by atomic mass is 16.1. The van der Waals surface area contributed by atoms with Gasteiger partial charge < -0.3 is 0 Å². The second kappa shape index (κ2) is 4.38. The second-order valence-electron chi connectivity index (χ2n) is 3.83. The van der Waals surface area contributed by atoms with Crippen molar-refractivity contribution >= 4 is 11.4 Å². The van der Waals surface area contributed by atoms with Gasteiger partial charge in [-0.2, -0.15) is 0 Å². The molecule has 4 heteroatoms. The highest BCUT2D eigenvalue weighted by Gasteiger charge is 2.15. The van der Waals surface area contributed by atoms with Crippen molar-refractivity contribution in [2.75, 3.05) is 0 Å². The maximum absolute atomic E-state index is 11.3. The summed E-state index contributed by atoms with van der Waals surface area (Å²) >= 11 is 0. The fraction of sp³-hybridized carbons (Fsp3) is 0.545. The van der Waals surface area contributed by atoms with Gasteiger partial charge in [-0.05, 0) is 30.9 Å². The Kier molecular flexibility index (Phi) is 2.94. The molecule has 0 bridgehead atoms. The van der Waals surface area contributed by atoms with Gasteiger partial charge in [-0.15, -0.1) is 5.10 Å². The van der Waals surface area contributed by atoms with Gasteiger partial charge in [0.05, 0.1) is 11.9 Å². The van der Waals surface area contributed by atoms with Crippen LogP contribution in [0.5, 0.6) is 0 Å². The van der Waals surface area contributed by atoms with Gasteiger partial charge in [-0.3, -0.25) is 4.79 Å². The highest BCUT2D eigenvalue weighted by molar-refractivity contribution is 5.97. The Balaban J connectivity index is 2.28. The summed E-state index contributed by atoms with van der Waals surface area (Å²) in [5.41, 5.74) is 2.09. The van der Waals surface area contributed by atoms with E-state index in [9.17, 15) is 4.79 Å². The van der Waals surface area contributed by atoms with Crippen LogP contribution in [-0.4, -0.2) is 20.8 Å². The van der Waals surface area contributed by atoms with Crippen molar-refractivity contribution in [1.29, 1.82) is 0 Å². The van der Waals surface area contributed by atoms with E-state index >= 15 is 0 Å². The number of aromatic nitrogens is 3. The third kappa shape index (κ3) is 2.14. The standard InChI is InChI=1S/C11H15N3O/c1-2-6-14-11(8-12-13-14)9-4-3-5-10(15)7-9/h7-8H,2-6H2,1H3. The predicted molar refractivity (Wildman–Crippen MR) is 57.1 cm³/mol. The predicted octanol–water partition coefficient (Wildman–Crippen LogP) is 1.82. The van der Waals surface area contributed by atoms with Crippen molar-refractivity contribution in [3.8, 4) is 0 Å². The van der Waals surface area contributed by atoms with Gasteiger partial charge in [0.25, 0.3) is 0 Å². The molecule has 0 spiro atoms. The first kappa shape index (κ1) is 10.1. The van der Waals surface area contributed by atoms with Crippen LogP contribution in [0.25, 0.3) is 5.57 Å². The summed E-state index contributed by atoms with van der Waals surface area (Å²) in [7, 11) is 0. The molecule has 0 N–H and O–H groups in total. The minimum atomic E-state index is 0.223. The SMILES string of the molecule is CCCn1nncc1C1=CC(=O)CCC1. The molecule has 1 aliphatic carbocycles. The zero-order chi connectivity index (χ0) is 10.7. The largest absolute Gasteiger partial charge is 0.295 e. The van der Waals surface area contributed by atoms with Crippen LogP contribution >= 0.6 is 0 Å². The maximum atomic E-state index is 11.3. The van der Waals surface area contributed by atoms with Crippen molar-refractivity contribution in [3.63, 3.8) is 0 Å². The van der Waals surface area contributed by atoms with E-state index in [0.717, 1.165) is 37.1 Å². The number of rotatable bonds is 3. The lowest BCUT2D eigenvalue weighted by Crippen LogP contribution is -2.08. The van der Waals surface area contributed by atoms with E-state index < -0.39 is 0 Å². The maximum Gasteiger partial charge on any atom is 0.156 e. The Labute approximate surface area is 89.0 Å². The van der Waals surface area contributed by atoms with Crippen molar-refractivity contribution in [1.82, 2.24) is 15.0 Å². The lowest BCUT2D eigenvalue weighted by atomic mass is 9.96.